The molecular weight excluding hydrogens is 362 g/mol. The Labute approximate surface area is 170 Å². The van der Waals surface area contributed by atoms with Crippen LogP contribution < -0.4 is 4.90 Å². The molecule has 0 unspecified atom stereocenters. The average Bonchev–Trinajstić information content (AvgIpc) is 3.36. The number of hydrogen-bond donors (Lipinski definition) is 0. The zero-order valence-electron chi connectivity index (χ0n) is 16.5. The number of amides is 2. The number of nitrogens with zero attached hydrogens (tertiary/aromatic N) is 1. The first-order chi connectivity index (χ1) is 14.2. The maximum atomic E-state index is 13.7. The van der Waals surface area contributed by atoms with Crippen molar-refractivity contribution in [2.24, 2.45) is 35.5 Å². The third-order valence-electron chi connectivity index (χ3n) is 9.89. The number of rotatable bonds is 1. The standard InChI is InChI=1S/C25H25NO3/c27-22-18-19(23(28)26(22)16-8-2-1-3-9-16)21-17(13-6-4-5-7-13)20(18)24-14-10-11-15(12-14)25(21,24)29-24/h1-3,8-9,14-15,18-21H,4-7,10-12H2/t14-,15-,18-,19+,20+,21+,24+,25+/m0/s1. The molecule has 2 aliphatic heterocycles. The Morgan fingerprint density at radius 2 is 1.45 bits per heavy atom. The van der Waals surface area contributed by atoms with Crippen LogP contribution in [0.15, 0.2) is 41.5 Å². The largest absolute Gasteiger partial charge is 0.361 e. The molecule has 7 aliphatic rings. The number of carbonyl (C=O) groups is 2. The molecule has 8 rings (SSSR count). The molecular formula is C25H25NO3. The molecule has 29 heavy (non-hydrogen) atoms. The topological polar surface area (TPSA) is 49.9 Å². The lowest BCUT2D eigenvalue weighted by Gasteiger charge is -2.32. The van der Waals surface area contributed by atoms with Gasteiger partial charge in [-0.3, -0.25) is 14.5 Å². The second-order valence-electron chi connectivity index (χ2n) is 10.5. The van der Waals surface area contributed by atoms with Crippen LogP contribution in [0.1, 0.15) is 44.9 Å². The van der Waals surface area contributed by atoms with E-state index < -0.39 is 0 Å². The van der Waals surface area contributed by atoms with E-state index in [1.54, 1.807) is 5.57 Å². The molecule has 0 spiro atoms. The van der Waals surface area contributed by atoms with Gasteiger partial charge in [0.25, 0.3) is 0 Å². The number of anilines is 1. The summed E-state index contributed by atoms with van der Waals surface area (Å²) in [5.74, 6) is 1.25. The van der Waals surface area contributed by atoms with E-state index in [0.29, 0.717) is 11.8 Å². The van der Waals surface area contributed by atoms with Crippen molar-refractivity contribution in [2.45, 2.75) is 56.1 Å². The van der Waals surface area contributed by atoms with Crippen molar-refractivity contribution in [3.63, 3.8) is 0 Å². The van der Waals surface area contributed by atoms with Crippen molar-refractivity contribution in [1.29, 1.82) is 0 Å². The van der Waals surface area contributed by atoms with Gasteiger partial charge in [-0.1, -0.05) is 29.3 Å². The number of para-hydroxylation sites is 1. The number of carbonyl (C=O) groups excluding carboxylic acids is 2. The highest BCUT2D eigenvalue weighted by Crippen LogP contribution is 2.88. The second-order valence-corrected chi connectivity index (χ2v) is 10.5. The molecule has 148 valence electrons. The third kappa shape index (κ3) is 1.42. The predicted molar refractivity (Wildman–Crippen MR) is 106 cm³/mol. The summed E-state index contributed by atoms with van der Waals surface area (Å²) in [7, 11) is 0. The van der Waals surface area contributed by atoms with Crippen LogP contribution in [0, 0.1) is 35.5 Å². The summed E-state index contributed by atoms with van der Waals surface area (Å²) in [6.07, 6.45) is 8.64. The van der Waals surface area contributed by atoms with Gasteiger partial charge in [0.1, 0.15) is 11.2 Å². The quantitative estimate of drug-likeness (QED) is 0.418. The molecule has 5 saturated carbocycles. The molecule has 0 N–H and O–H groups in total. The summed E-state index contributed by atoms with van der Waals surface area (Å²) in [6, 6.07) is 9.56. The van der Waals surface area contributed by atoms with Crippen LogP contribution >= 0.6 is 0 Å². The van der Waals surface area contributed by atoms with E-state index in [1.165, 1.54) is 55.4 Å². The molecule has 4 bridgehead atoms. The number of epoxide rings is 1. The highest BCUT2D eigenvalue weighted by atomic mass is 16.6. The third-order valence-corrected chi connectivity index (χ3v) is 9.89. The zero-order valence-corrected chi connectivity index (χ0v) is 16.5. The first-order valence-corrected chi connectivity index (χ1v) is 11.5. The first-order valence-electron chi connectivity index (χ1n) is 11.5. The minimum atomic E-state index is -0.189. The number of allylic oxidation sites excluding steroid dienone is 1. The van der Waals surface area contributed by atoms with Crippen LogP contribution in [0.5, 0.6) is 0 Å². The van der Waals surface area contributed by atoms with E-state index in [0.717, 1.165) is 5.69 Å². The lowest BCUT2D eigenvalue weighted by Crippen LogP contribution is -2.46. The van der Waals surface area contributed by atoms with Gasteiger partial charge in [-0.25, -0.2) is 0 Å². The van der Waals surface area contributed by atoms with Crippen molar-refractivity contribution in [3.05, 3.63) is 41.5 Å². The van der Waals surface area contributed by atoms with Gasteiger partial charge in [0.05, 0.1) is 17.5 Å². The molecule has 2 amide bonds. The van der Waals surface area contributed by atoms with Crippen molar-refractivity contribution in [3.8, 4) is 0 Å². The van der Waals surface area contributed by atoms with Gasteiger partial charge >= 0.3 is 0 Å². The van der Waals surface area contributed by atoms with Crippen molar-refractivity contribution < 1.29 is 14.3 Å². The zero-order chi connectivity index (χ0) is 19.1. The van der Waals surface area contributed by atoms with Gasteiger partial charge in [0, 0.05) is 11.8 Å². The molecule has 1 aromatic rings. The minimum Gasteiger partial charge on any atom is -0.361 e. The SMILES string of the molecule is O=C1[C@@H]2[C@H](C(=O)N1c1ccccc1)[C@H]1C(=C3CCCC3)[C@H]2[C@@]23O[C@]12[C@H]1CC[C@H]3C1. The molecule has 2 saturated heterocycles. The van der Waals surface area contributed by atoms with Crippen LogP contribution in [-0.4, -0.2) is 23.0 Å². The molecule has 5 aliphatic carbocycles. The summed E-state index contributed by atoms with van der Waals surface area (Å²) in [5, 5.41) is 0. The number of ether oxygens (including phenoxy) is 1. The van der Waals surface area contributed by atoms with E-state index in [9.17, 15) is 9.59 Å². The number of benzene rings is 1. The van der Waals surface area contributed by atoms with Gasteiger partial charge < -0.3 is 4.74 Å². The smallest absolute Gasteiger partial charge is 0.238 e. The Balaban J connectivity index is 1.33. The van der Waals surface area contributed by atoms with Crippen LogP contribution in [-0.2, 0) is 14.3 Å². The first kappa shape index (κ1) is 15.8. The summed E-state index contributed by atoms with van der Waals surface area (Å²) in [5.41, 5.74) is 3.67. The monoisotopic (exact) mass is 387 g/mol. The summed E-state index contributed by atoms with van der Waals surface area (Å²) in [4.78, 5) is 29.0. The Morgan fingerprint density at radius 1 is 0.862 bits per heavy atom. The van der Waals surface area contributed by atoms with Crippen LogP contribution in [0.25, 0.3) is 0 Å². The summed E-state index contributed by atoms with van der Waals surface area (Å²) in [6.45, 7) is 0. The molecule has 0 aromatic heterocycles. The number of fused-ring (bicyclic) bond motifs is 7. The van der Waals surface area contributed by atoms with Gasteiger partial charge in [-0.2, -0.15) is 0 Å². The molecule has 8 atom stereocenters. The predicted octanol–water partition coefficient (Wildman–Crippen LogP) is 3.86. The van der Waals surface area contributed by atoms with Gasteiger partial charge in [0.2, 0.25) is 11.8 Å². The second kappa shape index (κ2) is 4.69. The van der Waals surface area contributed by atoms with Crippen molar-refractivity contribution in [2.75, 3.05) is 4.90 Å². The van der Waals surface area contributed by atoms with E-state index in [2.05, 4.69) is 0 Å². The number of imide groups is 1. The van der Waals surface area contributed by atoms with E-state index in [-0.39, 0.29) is 46.7 Å². The van der Waals surface area contributed by atoms with E-state index in [1.807, 2.05) is 30.3 Å². The Hall–Kier alpha value is -1.94. The Bertz CT molecular complexity index is 972. The lowest BCUT2D eigenvalue weighted by atomic mass is 9.64. The van der Waals surface area contributed by atoms with Crippen LogP contribution in [0.2, 0.25) is 0 Å². The molecule has 1 aromatic carbocycles. The highest BCUT2D eigenvalue weighted by molar-refractivity contribution is 6.23. The summed E-state index contributed by atoms with van der Waals surface area (Å²) >= 11 is 0. The maximum absolute atomic E-state index is 13.7. The fourth-order valence-electron chi connectivity index (χ4n) is 9.29. The molecule has 4 nitrogen and oxygen atoms in total. The van der Waals surface area contributed by atoms with Gasteiger partial charge in [-0.15, -0.1) is 0 Å². The Morgan fingerprint density at radius 3 is 2.03 bits per heavy atom. The molecule has 4 heteroatoms. The maximum Gasteiger partial charge on any atom is 0.238 e. The molecule has 2 heterocycles. The van der Waals surface area contributed by atoms with Crippen molar-refractivity contribution in [1.82, 2.24) is 0 Å². The average molecular weight is 387 g/mol. The van der Waals surface area contributed by atoms with Crippen LogP contribution in [0.3, 0.4) is 0 Å². The van der Waals surface area contributed by atoms with Gasteiger partial charge in [-0.05, 0) is 68.9 Å². The summed E-state index contributed by atoms with van der Waals surface area (Å²) < 4.78 is 6.74. The fraction of sp³-hybridized carbons (Fsp3) is 0.600. The van der Waals surface area contributed by atoms with E-state index >= 15 is 0 Å². The molecule has 7 fully saturated rings. The van der Waals surface area contributed by atoms with E-state index in [4.69, 9.17) is 4.74 Å². The number of hydrogen-bond acceptors (Lipinski definition) is 3. The fourth-order valence-corrected chi connectivity index (χ4v) is 9.29. The molecule has 0 radical (unpaired) electrons. The van der Waals surface area contributed by atoms with Gasteiger partial charge in [0.15, 0.2) is 0 Å². The normalized spacial score (nSPS) is 50.6. The van der Waals surface area contributed by atoms with Crippen molar-refractivity contribution >= 4 is 17.5 Å². The lowest BCUT2D eigenvalue weighted by molar-refractivity contribution is -0.123. The minimum absolute atomic E-state index is 0.0380. The Kier molecular flexibility index (Phi) is 2.56. The highest BCUT2D eigenvalue weighted by Gasteiger charge is 2.96. The van der Waals surface area contributed by atoms with Crippen LogP contribution in [0.4, 0.5) is 5.69 Å².